The predicted molar refractivity (Wildman–Crippen MR) is 98.9 cm³/mol. The van der Waals surface area contributed by atoms with Crippen molar-refractivity contribution in [2.75, 3.05) is 6.54 Å². The summed E-state index contributed by atoms with van der Waals surface area (Å²) in [7, 11) is 0. The zero-order valence-electron chi connectivity index (χ0n) is 15.6. The molecular weight excluding hydrogens is 331 g/mol. The summed E-state index contributed by atoms with van der Waals surface area (Å²) in [4.78, 5) is 27.5. The molecule has 4 unspecified atom stereocenters. The fourth-order valence-corrected chi connectivity index (χ4v) is 3.83. The minimum Gasteiger partial charge on any atom is -0.346 e. The van der Waals surface area contributed by atoms with Crippen LogP contribution in [0.3, 0.4) is 0 Å². The highest BCUT2D eigenvalue weighted by atomic mass is 19.1. The highest BCUT2D eigenvalue weighted by molar-refractivity contribution is 5.91. The first-order valence-electron chi connectivity index (χ1n) is 9.39. The fraction of sp³-hybridized carbons (Fsp3) is 0.524. The molecule has 26 heavy (non-hydrogen) atoms. The molecule has 5 heteroatoms. The van der Waals surface area contributed by atoms with Crippen LogP contribution < -0.4 is 5.32 Å². The Labute approximate surface area is 154 Å². The van der Waals surface area contributed by atoms with Gasteiger partial charge in [-0.25, -0.2) is 4.39 Å². The number of carbonyl (C=O) groups excluding carboxylic acids is 2. The van der Waals surface area contributed by atoms with Gasteiger partial charge in [-0.1, -0.05) is 38.1 Å². The molecule has 0 radical (unpaired) electrons. The Hall–Kier alpha value is -2.17. The standard InChI is InChI=1S/C21H27FN2O2/c1-4-5-16-12-24(19(10-13(2)3)20(25)23-16)21(26)18-11-17(18)14-6-8-15(22)9-7-14/h4-9,13,16-19H,10-12H2,1-3H3,(H,23,25). The van der Waals surface area contributed by atoms with Gasteiger partial charge in [0.1, 0.15) is 11.9 Å². The van der Waals surface area contributed by atoms with Crippen molar-refractivity contribution in [3.63, 3.8) is 0 Å². The average molecular weight is 358 g/mol. The van der Waals surface area contributed by atoms with Crippen LogP contribution in [0.15, 0.2) is 36.4 Å². The number of nitrogens with zero attached hydrogens (tertiary/aromatic N) is 1. The summed E-state index contributed by atoms with van der Waals surface area (Å²) >= 11 is 0. The second-order valence-electron chi connectivity index (χ2n) is 7.78. The largest absolute Gasteiger partial charge is 0.346 e. The average Bonchev–Trinajstić information content (AvgIpc) is 3.38. The SMILES string of the molecule is CC=CC1CN(C(=O)C2CC2c2ccc(F)cc2)C(CC(C)C)C(=O)N1. The minimum absolute atomic E-state index is 0.0503. The Bertz CT molecular complexity index is 698. The van der Waals surface area contributed by atoms with E-state index in [0.717, 1.165) is 12.0 Å². The van der Waals surface area contributed by atoms with E-state index in [1.54, 1.807) is 17.0 Å². The molecule has 1 aromatic rings. The number of halogens is 1. The van der Waals surface area contributed by atoms with Gasteiger partial charge in [-0.05, 0) is 49.3 Å². The van der Waals surface area contributed by atoms with E-state index < -0.39 is 6.04 Å². The lowest BCUT2D eigenvalue weighted by Gasteiger charge is -2.39. The number of nitrogens with one attached hydrogen (secondary N) is 1. The van der Waals surface area contributed by atoms with Crippen LogP contribution in [0.2, 0.25) is 0 Å². The van der Waals surface area contributed by atoms with Crippen molar-refractivity contribution in [2.24, 2.45) is 11.8 Å². The summed E-state index contributed by atoms with van der Waals surface area (Å²) in [6, 6.07) is 5.84. The van der Waals surface area contributed by atoms with Crippen molar-refractivity contribution in [1.82, 2.24) is 10.2 Å². The molecule has 0 spiro atoms. The quantitative estimate of drug-likeness (QED) is 0.822. The Balaban J connectivity index is 1.75. The van der Waals surface area contributed by atoms with Crippen molar-refractivity contribution in [3.05, 3.63) is 47.8 Å². The molecule has 4 nitrogen and oxygen atoms in total. The Morgan fingerprint density at radius 2 is 2.04 bits per heavy atom. The lowest BCUT2D eigenvalue weighted by Crippen LogP contribution is -2.61. The summed E-state index contributed by atoms with van der Waals surface area (Å²) < 4.78 is 13.1. The van der Waals surface area contributed by atoms with Gasteiger partial charge in [0, 0.05) is 12.5 Å². The van der Waals surface area contributed by atoms with Gasteiger partial charge in [0.05, 0.1) is 6.04 Å². The molecular formula is C21H27FN2O2. The maximum atomic E-state index is 13.1. The number of benzene rings is 1. The summed E-state index contributed by atoms with van der Waals surface area (Å²) in [6.45, 7) is 6.54. The third-order valence-corrected chi connectivity index (χ3v) is 5.21. The molecule has 1 heterocycles. The van der Waals surface area contributed by atoms with Gasteiger partial charge in [0.15, 0.2) is 0 Å². The topological polar surface area (TPSA) is 49.4 Å². The summed E-state index contributed by atoms with van der Waals surface area (Å²) in [5, 5.41) is 3.00. The van der Waals surface area contributed by atoms with Gasteiger partial charge >= 0.3 is 0 Å². The molecule has 2 fully saturated rings. The second-order valence-corrected chi connectivity index (χ2v) is 7.78. The van der Waals surface area contributed by atoms with Crippen LogP contribution in [0, 0.1) is 17.7 Å². The Morgan fingerprint density at radius 3 is 2.65 bits per heavy atom. The predicted octanol–water partition coefficient (Wildman–Crippen LogP) is 3.25. The van der Waals surface area contributed by atoms with E-state index in [1.807, 2.05) is 19.1 Å². The van der Waals surface area contributed by atoms with Crippen LogP contribution in [0.5, 0.6) is 0 Å². The first-order chi connectivity index (χ1) is 12.4. The monoisotopic (exact) mass is 358 g/mol. The molecule has 1 N–H and O–H groups in total. The second kappa shape index (κ2) is 7.60. The van der Waals surface area contributed by atoms with E-state index in [2.05, 4.69) is 19.2 Å². The Kier molecular flexibility index (Phi) is 5.44. The van der Waals surface area contributed by atoms with Gasteiger partial charge in [-0.15, -0.1) is 0 Å². The van der Waals surface area contributed by atoms with E-state index in [1.165, 1.54) is 12.1 Å². The van der Waals surface area contributed by atoms with Gasteiger partial charge in [-0.3, -0.25) is 9.59 Å². The molecule has 1 aromatic carbocycles. The molecule has 0 bridgehead atoms. The summed E-state index contributed by atoms with van der Waals surface area (Å²) in [5.41, 5.74) is 0.997. The molecule has 2 amide bonds. The van der Waals surface area contributed by atoms with Gasteiger partial charge < -0.3 is 10.2 Å². The van der Waals surface area contributed by atoms with Crippen LogP contribution in [0.25, 0.3) is 0 Å². The van der Waals surface area contributed by atoms with Crippen molar-refractivity contribution in [3.8, 4) is 0 Å². The van der Waals surface area contributed by atoms with E-state index in [4.69, 9.17) is 0 Å². The number of hydrogen-bond acceptors (Lipinski definition) is 2. The molecule has 1 aliphatic carbocycles. The number of amides is 2. The fourth-order valence-electron chi connectivity index (χ4n) is 3.83. The lowest BCUT2D eigenvalue weighted by molar-refractivity contribution is -0.145. The number of allylic oxidation sites excluding steroid dienone is 1. The first kappa shape index (κ1) is 18.6. The molecule has 1 saturated heterocycles. The number of carbonyl (C=O) groups is 2. The highest BCUT2D eigenvalue weighted by Gasteiger charge is 2.49. The molecule has 0 aromatic heterocycles. The first-order valence-corrected chi connectivity index (χ1v) is 9.39. The minimum atomic E-state index is -0.404. The van der Waals surface area contributed by atoms with Gasteiger partial charge in [0.25, 0.3) is 0 Å². The van der Waals surface area contributed by atoms with E-state index in [9.17, 15) is 14.0 Å². The molecule has 3 rings (SSSR count). The van der Waals surface area contributed by atoms with Crippen LogP contribution in [-0.2, 0) is 9.59 Å². The van der Waals surface area contributed by atoms with Crippen molar-refractivity contribution in [1.29, 1.82) is 0 Å². The zero-order chi connectivity index (χ0) is 18.8. The molecule has 4 atom stereocenters. The van der Waals surface area contributed by atoms with Gasteiger partial charge in [0.2, 0.25) is 11.8 Å². The third kappa shape index (κ3) is 3.97. The lowest BCUT2D eigenvalue weighted by atomic mass is 9.97. The highest BCUT2D eigenvalue weighted by Crippen LogP contribution is 2.49. The van der Waals surface area contributed by atoms with Crippen molar-refractivity contribution < 1.29 is 14.0 Å². The maximum absolute atomic E-state index is 13.1. The Morgan fingerprint density at radius 1 is 1.35 bits per heavy atom. The number of hydrogen-bond donors (Lipinski definition) is 1. The molecule has 2 aliphatic rings. The van der Waals surface area contributed by atoms with E-state index in [0.29, 0.717) is 18.9 Å². The maximum Gasteiger partial charge on any atom is 0.243 e. The van der Waals surface area contributed by atoms with E-state index in [-0.39, 0.29) is 35.5 Å². The van der Waals surface area contributed by atoms with Crippen LogP contribution in [0.1, 0.15) is 45.1 Å². The smallest absolute Gasteiger partial charge is 0.243 e. The molecule has 140 valence electrons. The number of rotatable bonds is 5. The summed E-state index contributed by atoms with van der Waals surface area (Å²) in [6.07, 6.45) is 5.25. The van der Waals surface area contributed by atoms with Crippen LogP contribution in [0.4, 0.5) is 4.39 Å². The third-order valence-electron chi connectivity index (χ3n) is 5.21. The normalized spacial score (nSPS) is 28.5. The van der Waals surface area contributed by atoms with Crippen molar-refractivity contribution in [2.45, 2.75) is 51.6 Å². The molecule has 1 saturated carbocycles. The number of piperazine rings is 1. The van der Waals surface area contributed by atoms with Crippen molar-refractivity contribution >= 4 is 11.8 Å². The molecule has 1 aliphatic heterocycles. The zero-order valence-corrected chi connectivity index (χ0v) is 15.6. The van der Waals surface area contributed by atoms with Crippen LogP contribution in [-0.4, -0.2) is 35.3 Å². The van der Waals surface area contributed by atoms with Crippen LogP contribution >= 0.6 is 0 Å². The summed E-state index contributed by atoms with van der Waals surface area (Å²) in [5.74, 6) is 0.0672. The van der Waals surface area contributed by atoms with Gasteiger partial charge in [-0.2, -0.15) is 0 Å². The van der Waals surface area contributed by atoms with E-state index >= 15 is 0 Å².